The lowest BCUT2D eigenvalue weighted by Crippen LogP contribution is -2.41. The molecular weight excluding hydrogens is 194 g/mol. The zero-order chi connectivity index (χ0) is 11.4. The first-order valence-corrected chi connectivity index (χ1v) is 7.18. The van der Waals surface area contributed by atoms with Crippen LogP contribution in [0.2, 0.25) is 0 Å². The Balaban J connectivity index is 1.76. The molecule has 0 radical (unpaired) electrons. The zero-order valence-electron chi connectivity index (χ0n) is 10.9. The smallest absolute Gasteiger partial charge is 0.0139 e. The van der Waals surface area contributed by atoms with Gasteiger partial charge in [-0.25, -0.2) is 0 Å². The average Bonchev–Trinajstić information content (AvgIpc) is 2.82. The highest BCUT2D eigenvalue weighted by Gasteiger charge is 2.25. The van der Waals surface area contributed by atoms with Crippen molar-refractivity contribution in [3.8, 4) is 0 Å². The molecule has 0 aromatic rings. The molecule has 92 valence electrons. The highest BCUT2D eigenvalue weighted by molar-refractivity contribution is 4.98. The molecule has 16 heavy (non-hydrogen) atoms. The van der Waals surface area contributed by atoms with E-state index >= 15 is 0 Å². The van der Waals surface area contributed by atoms with Crippen LogP contribution in [0, 0.1) is 11.8 Å². The van der Waals surface area contributed by atoms with Gasteiger partial charge in [0.2, 0.25) is 0 Å². The average molecular weight is 221 g/mol. The fourth-order valence-electron chi connectivity index (χ4n) is 3.35. The molecule has 0 spiro atoms. The third-order valence-corrected chi connectivity index (χ3v) is 4.69. The maximum Gasteiger partial charge on any atom is 0.0139 e. The topological polar surface area (TPSA) is 12.0 Å². The van der Waals surface area contributed by atoms with Gasteiger partial charge in [-0.15, -0.1) is 0 Å². The maximum absolute atomic E-state index is 3.81. The van der Waals surface area contributed by atoms with Crippen LogP contribution in [0.15, 0.2) is 12.2 Å². The van der Waals surface area contributed by atoms with Gasteiger partial charge in [-0.3, -0.25) is 0 Å². The van der Waals surface area contributed by atoms with Crippen molar-refractivity contribution in [2.24, 2.45) is 11.8 Å². The van der Waals surface area contributed by atoms with Gasteiger partial charge in [0, 0.05) is 12.1 Å². The predicted octanol–water partition coefficient (Wildman–Crippen LogP) is 3.90. The van der Waals surface area contributed by atoms with Crippen molar-refractivity contribution >= 4 is 0 Å². The van der Waals surface area contributed by atoms with Crippen LogP contribution in [0.25, 0.3) is 0 Å². The first-order valence-electron chi connectivity index (χ1n) is 7.18. The van der Waals surface area contributed by atoms with E-state index in [0.717, 1.165) is 17.9 Å². The summed E-state index contributed by atoms with van der Waals surface area (Å²) in [7, 11) is 0. The van der Waals surface area contributed by atoms with Gasteiger partial charge in [0.05, 0.1) is 0 Å². The van der Waals surface area contributed by atoms with E-state index in [9.17, 15) is 0 Å². The van der Waals surface area contributed by atoms with E-state index in [-0.39, 0.29) is 0 Å². The van der Waals surface area contributed by atoms with Crippen molar-refractivity contribution < 1.29 is 0 Å². The molecule has 2 unspecified atom stereocenters. The lowest BCUT2D eigenvalue weighted by molar-refractivity contribution is 0.210. The number of hydrogen-bond acceptors (Lipinski definition) is 1. The van der Waals surface area contributed by atoms with Gasteiger partial charge < -0.3 is 5.32 Å². The van der Waals surface area contributed by atoms with Gasteiger partial charge in [-0.1, -0.05) is 51.2 Å². The molecule has 2 aliphatic carbocycles. The Hall–Kier alpha value is -0.300. The number of rotatable bonds is 4. The second-order valence-corrected chi connectivity index (χ2v) is 5.85. The Bertz CT molecular complexity index is 220. The second kappa shape index (κ2) is 5.86. The van der Waals surface area contributed by atoms with Crippen LogP contribution in [-0.4, -0.2) is 12.1 Å². The van der Waals surface area contributed by atoms with Crippen molar-refractivity contribution in [2.45, 2.75) is 70.9 Å². The minimum atomic E-state index is 0.688. The Morgan fingerprint density at radius 2 is 1.62 bits per heavy atom. The zero-order valence-corrected chi connectivity index (χ0v) is 10.9. The molecule has 1 heteroatoms. The molecule has 0 amide bonds. The number of hydrogen-bond donors (Lipinski definition) is 1. The van der Waals surface area contributed by atoms with E-state index in [0.29, 0.717) is 6.04 Å². The van der Waals surface area contributed by atoms with Gasteiger partial charge in [-0.2, -0.15) is 0 Å². The van der Waals surface area contributed by atoms with Gasteiger partial charge in [0.25, 0.3) is 0 Å². The summed E-state index contributed by atoms with van der Waals surface area (Å²) in [4.78, 5) is 0. The quantitative estimate of drug-likeness (QED) is 0.710. The minimum absolute atomic E-state index is 0.688. The molecule has 2 atom stereocenters. The molecule has 0 heterocycles. The Labute approximate surface area is 101 Å². The van der Waals surface area contributed by atoms with Crippen molar-refractivity contribution in [1.82, 2.24) is 5.32 Å². The third kappa shape index (κ3) is 3.10. The molecule has 1 N–H and O–H groups in total. The minimum Gasteiger partial charge on any atom is -0.311 e. The van der Waals surface area contributed by atoms with Crippen LogP contribution in [0.4, 0.5) is 0 Å². The fraction of sp³-hybridized carbons (Fsp3) is 0.867. The van der Waals surface area contributed by atoms with Crippen LogP contribution in [0.5, 0.6) is 0 Å². The van der Waals surface area contributed by atoms with Crippen molar-refractivity contribution in [2.75, 3.05) is 0 Å². The van der Waals surface area contributed by atoms with Crippen LogP contribution in [0.1, 0.15) is 58.8 Å². The van der Waals surface area contributed by atoms with Crippen molar-refractivity contribution in [3.63, 3.8) is 0 Å². The van der Waals surface area contributed by atoms with E-state index in [2.05, 4.69) is 31.3 Å². The third-order valence-electron chi connectivity index (χ3n) is 4.69. The molecule has 0 bridgehead atoms. The highest BCUT2D eigenvalue weighted by atomic mass is 15.0. The van der Waals surface area contributed by atoms with E-state index in [4.69, 9.17) is 0 Å². The molecule has 2 rings (SSSR count). The van der Waals surface area contributed by atoms with E-state index < -0.39 is 0 Å². The van der Waals surface area contributed by atoms with Gasteiger partial charge in [-0.05, 0) is 31.6 Å². The SMILES string of the molecule is CC(NC1CC=CC1)C(C)C1CCCCC1. The lowest BCUT2D eigenvalue weighted by Gasteiger charge is -2.33. The standard InChI is InChI=1S/C15H27N/c1-12(14-8-4-3-5-9-14)13(2)16-15-10-6-7-11-15/h6-7,12-16H,3-5,8-11H2,1-2H3. The van der Waals surface area contributed by atoms with E-state index in [1.807, 2.05) is 0 Å². The van der Waals surface area contributed by atoms with E-state index in [1.54, 1.807) is 0 Å². The summed E-state index contributed by atoms with van der Waals surface area (Å²) < 4.78 is 0. The lowest BCUT2D eigenvalue weighted by atomic mass is 9.78. The maximum atomic E-state index is 3.81. The van der Waals surface area contributed by atoms with Crippen LogP contribution >= 0.6 is 0 Å². The predicted molar refractivity (Wildman–Crippen MR) is 70.5 cm³/mol. The van der Waals surface area contributed by atoms with Crippen LogP contribution in [0.3, 0.4) is 0 Å². The first-order chi connectivity index (χ1) is 7.77. The Morgan fingerprint density at radius 3 is 2.25 bits per heavy atom. The van der Waals surface area contributed by atoms with Crippen molar-refractivity contribution in [3.05, 3.63) is 12.2 Å². The molecule has 1 nitrogen and oxygen atoms in total. The molecule has 1 fully saturated rings. The largest absolute Gasteiger partial charge is 0.311 e. The molecule has 0 aromatic heterocycles. The molecule has 0 saturated heterocycles. The Kier molecular flexibility index (Phi) is 4.45. The highest BCUT2D eigenvalue weighted by Crippen LogP contribution is 2.31. The van der Waals surface area contributed by atoms with Crippen LogP contribution < -0.4 is 5.32 Å². The fourth-order valence-corrected chi connectivity index (χ4v) is 3.35. The first kappa shape index (κ1) is 12.2. The second-order valence-electron chi connectivity index (χ2n) is 5.85. The summed E-state index contributed by atoms with van der Waals surface area (Å²) in [6.45, 7) is 4.84. The van der Waals surface area contributed by atoms with Gasteiger partial charge in [0.15, 0.2) is 0 Å². The van der Waals surface area contributed by atoms with Gasteiger partial charge >= 0.3 is 0 Å². The molecular formula is C15H27N. The summed E-state index contributed by atoms with van der Waals surface area (Å²) in [6, 6.07) is 1.41. The van der Waals surface area contributed by atoms with Crippen LogP contribution in [-0.2, 0) is 0 Å². The summed E-state index contributed by atoms with van der Waals surface area (Å²) in [5.41, 5.74) is 0. The monoisotopic (exact) mass is 221 g/mol. The summed E-state index contributed by atoms with van der Waals surface area (Å²) in [5.74, 6) is 1.83. The van der Waals surface area contributed by atoms with Crippen molar-refractivity contribution in [1.29, 1.82) is 0 Å². The number of nitrogens with one attached hydrogen (secondary N) is 1. The molecule has 0 aliphatic heterocycles. The summed E-state index contributed by atoms with van der Waals surface area (Å²) in [6.07, 6.45) is 14.4. The summed E-state index contributed by atoms with van der Waals surface area (Å²) in [5, 5.41) is 3.81. The molecule has 1 saturated carbocycles. The Morgan fingerprint density at radius 1 is 1.00 bits per heavy atom. The summed E-state index contributed by atoms with van der Waals surface area (Å²) >= 11 is 0. The van der Waals surface area contributed by atoms with E-state index in [1.165, 1.54) is 44.9 Å². The molecule has 0 aromatic carbocycles. The van der Waals surface area contributed by atoms with Gasteiger partial charge in [0.1, 0.15) is 0 Å². The normalized spacial score (nSPS) is 27.1. The molecule has 2 aliphatic rings.